The van der Waals surface area contributed by atoms with Crippen molar-refractivity contribution >= 4 is 5.69 Å². The largest absolute Gasteiger partial charge is 0.497 e. The van der Waals surface area contributed by atoms with Gasteiger partial charge in [-0.3, -0.25) is 0 Å². The minimum absolute atomic E-state index is 0.408. The van der Waals surface area contributed by atoms with E-state index in [0.29, 0.717) is 13.0 Å². The Morgan fingerprint density at radius 2 is 2.00 bits per heavy atom. The third kappa shape index (κ3) is 4.23. The second kappa shape index (κ2) is 7.32. The Labute approximate surface area is 124 Å². The van der Waals surface area contributed by atoms with Gasteiger partial charge in [0.1, 0.15) is 5.75 Å². The summed E-state index contributed by atoms with van der Waals surface area (Å²) in [6.45, 7) is 0.408. The molecule has 0 radical (unpaired) electrons. The van der Waals surface area contributed by atoms with E-state index in [9.17, 15) is 5.11 Å². The van der Waals surface area contributed by atoms with Crippen LogP contribution in [-0.2, 0) is 6.42 Å². The summed E-state index contributed by atoms with van der Waals surface area (Å²) in [7, 11) is 1.60. The number of hydrogen-bond acceptors (Lipinski definition) is 4. The van der Waals surface area contributed by atoms with Gasteiger partial charge in [-0.1, -0.05) is 24.3 Å². The summed E-state index contributed by atoms with van der Waals surface area (Å²) in [6, 6.07) is 17.1. The van der Waals surface area contributed by atoms with E-state index in [0.717, 1.165) is 22.6 Å². The number of methoxy groups -OCH3 is 1. The van der Waals surface area contributed by atoms with Crippen LogP contribution in [0.3, 0.4) is 0 Å². The number of aliphatic hydroxyl groups is 1. The van der Waals surface area contributed by atoms with E-state index in [-0.39, 0.29) is 0 Å². The fourth-order valence-electron chi connectivity index (χ4n) is 2.01. The predicted octanol–water partition coefficient (Wildman–Crippen LogP) is 2.91. The highest BCUT2D eigenvalue weighted by atomic mass is 16.5. The van der Waals surface area contributed by atoms with E-state index in [4.69, 9.17) is 10.00 Å². The molecule has 0 spiro atoms. The van der Waals surface area contributed by atoms with Crippen LogP contribution in [-0.4, -0.2) is 18.8 Å². The molecule has 0 aliphatic rings. The minimum atomic E-state index is -0.612. The number of hydrogen-bond donors (Lipinski definition) is 2. The molecule has 0 heterocycles. The van der Waals surface area contributed by atoms with Gasteiger partial charge >= 0.3 is 0 Å². The van der Waals surface area contributed by atoms with Crippen LogP contribution in [0.2, 0.25) is 0 Å². The second-order valence-electron chi connectivity index (χ2n) is 4.71. The summed E-state index contributed by atoms with van der Waals surface area (Å²) in [5, 5.41) is 22.0. The third-order valence-electron chi connectivity index (χ3n) is 3.22. The average molecular weight is 282 g/mol. The van der Waals surface area contributed by atoms with Crippen LogP contribution in [0.4, 0.5) is 5.69 Å². The van der Waals surface area contributed by atoms with Crippen molar-refractivity contribution in [2.24, 2.45) is 0 Å². The van der Waals surface area contributed by atoms with E-state index in [1.54, 1.807) is 7.11 Å². The molecule has 2 aromatic rings. The van der Waals surface area contributed by atoms with Gasteiger partial charge in [0.2, 0.25) is 0 Å². The van der Waals surface area contributed by atoms with Crippen molar-refractivity contribution < 1.29 is 9.84 Å². The Morgan fingerprint density at radius 1 is 1.24 bits per heavy atom. The van der Waals surface area contributed by atoms with Crippen molar-refractivity contribution in [1.82, 2.24) is 0 Å². The molecule has 0 saturated carbocycles. The lowest BCUT2D eigenvalue weighted by atomic mass is 10.1. The first-order valence-electron chi connectivity index (χ1n) is 6.74. The van der Waals surface area contributed by atoms with Gasteiger partial charge in [0.15, 0.2) is 0 Å². The van der Waals surface area contributed by atoms with Crippen molar-refractivity contribution in [2.75, 3.05) is 19.0 Å². The van der Waals surface area contributed by atoms with Gasteiger partial charge in [-0.25, -0.2) is 0 Å². The molecule has 0 amide bonds. The third-order valence-corrected chi connectivity index (χ3v) is 3.22. The van der Waals surface area contributed by atoms with E-state index >= 15 is 0 Å². The lowest BCUT2D eigenvalue weighted by Crippen LogP contribution is -2.12. The quantitative estimate of drug-likeness (QED) is 0.855. The Bertz CT molecular complexity index is 617. The first-order chi connectivity index (χ1) is 10.2. The summed E-state index contributed by atoms with van der Waals surface area (Å²) in [6.07, 6.45) is -0.203. The number of rotatable bonds is 6. The number of aliphatic hydroxyl groups excluding tert-OH is 1. The highest BCUT2D eigenvalue weighted by Gasteiger charge is 2.08. The number of nitrogens with one attached hydrogen (secondary N) is 1. The molecule has 2 N–H and O–H groups in total. The van der Waals surface area contributed by atoms with Crippen molar-refractivity contribution in [3.05, 3.63) is 59.7 Å². The van der Waals surface area contributed by atoms with Crippen molar-refractivity contribution in [1.29, 1.82) is 5.26 Å². The molecular formula is C17H18N2O2. The maximum Gasteiger partial charge on any atom is 0.119 e. The second-order valence-corrected chi connectivity index (χ2v) is 4.71. The summed E-state index contributed by atoms with van der Waals surface area (Å²) in [5.74, 6) is 0.729. The summed E-state index contributed by atoms with van der Waals surface area (Å²) in [4.78, 5) is 0. The van der Waals surface area contributed by atoms with Gasteiger partial charge in [-0.15, -0.1) is 0 Å². The molecule has 1 atom stereocenters. The lowest BCUT2D eigenvalue weighted by molar-refractivity contribution is 0.191. The molecule has 0 aromatic heterocycles. The van der Waals surface area contributed by atoms with Gasteiger partial charge in [0.05, 0.1) is 25.7 Å². The topological polar surface area (TPSA) is 65.3 Å². The monoisotopic (exact) mass is 282 g/mol. The van der Waals surface area contributed by atoms with Gasteiger partial charge in [-0.05, 0) is 35.4 Å². The fraction of sp³-hybridized carbons (Fsp3) is 0.235. The summed E-state index contributed by atoms with van der Waals surface area (Å²) >= 11 is 0. The Balaban J connectivity index is 1.94. The Hall–Kier alpha value is -2.51. The molecule has 108 valence electrons. The first-order valence-corrected chi connectivity index (χ1v) is 6.74. The SMILES string of the molecule is COc1cccc(C(O)CNc2ccc(CC#N)cc2)c1. The zero-order valence-electron chi connectivity index (χ0n) is 11.9. The number of nitriles is 1. The van der Waals surface area contributed by atoms with E-state index in [1.165, 1.54) is 0 Å². The normalized spacial score (nSPS) is 11.5. The number of anilines is 1. The van der Waals surface area contributed by atoms with Gasteiger partial charge in [0, 0.05) is 12.2 Å². The van der Waals surface area contributed by atoms with E-state index < -0.39 is 6.10 Å². The lowest BCUT2D eigenvalue weighted by Gasteiger charge is -2.14. The minimum Gasteiger partial charge on any atom is -0.497 e. The molecule has 4 nitrogen and oxygen atoms in total. The number of nitrogens with zero attached hydrogens (tertiary/aromatic N) is 1. The average Bonchev–Trinajstić information content (AvgIpc) is 2.54. The van der Waals surface area contributed by atoms with Crippen LogP contribution in [0.25, 0.3) is 0 Å². The Kier molecular flexibility index (Phi) is 5.19. The highest BCUT2D eigenvalue weighted by Crippen LogP contribution is 2.20. The van der Waals surface area contributed by atoms with Gasteiger partial charge in [-0.2, -0.15) is 5.26 Å². The zero-order valence-corrected chi connectivity index (χ0v) is 11.9. The predicted molar refractivity (Wildman–Crippen MR) is 82.2 cm³/mol. The first kappa shape index (κ1) is 14.9. The maximum absolute atomic E-state index is 10.2. The fourth-order valence-corrected chi connectivity index (χ4v) is 2.01. The van der Waals surface area contributed by atoms with Crippen LogP contribution in [0.1, 0.15) is 17.2 Å². The molecule has 1 unspecified atom stereocenters. The maximum atomic E-state index is 10.2. The van der Waals surface area contributed by atoms with E-state index in [1.807, 2.05) is 48.5 Å². The standard InChI is InChI=1S/C17H18N2O2/c1-21-16-4-2-3-14(11-16)17(20)12-19-15-7-5-13(6-8-15)9-10-18/h2-8,11,17,19-20H,9,12H2,1H3. The molecule has 2 aromatic carbocycles. The summed E-state index contributed by atoms with van der Waals surface area (Å²) in [5.41, 5.74) is 2.71. The van der Waals surface area contributed by atoms with Crippen LogP contribution in [0.15, 0.2) is 48.5 Å². The molecular weight excluding hydrogens is 264 g/mol. The van der Waals surface area contributed by atoms with Crippen molar-refractivity contribution in [2.45, 2.75) is 12.5 Å². The number of ether oxygens (including phenoxy) is 1. The van der Waals surface area contributed by atoms with Crippen LogP contribution in [0.5, 0.6) is 5.75 Å². The van der Waals surface area contributed by atoms with Crippen LogP contribution >= 0.6 is 0 Å². The molecule has 21 heavy (non-hydrogen) atoms. The number of benzene rings is 2. The smallest absolute Gasteiger partial charge is 0.119 e. The van der Waals surface area contributed by atoms with E-state index in [2.05, 4.69) is 11.4 Å². The Morgan fingerprint density at radius 3 is 2.67 bits per heavy atom. The summed E-state index contributed by atoms with van der Waals surface area (Å²) < 4.78 is 5.15. The zero-order chi connectivity index (χ0) is 15.1. The molecule has 4 heteroatoms. The van der Waals surface area contributed by atoms with Gasteiger partial charge < -0.3 is 15.2 Å². The molecule has 0 saturated heterocycles. The van der Waals surface area contributed by atoms with Crippen molar-refractivity contribution in [3.63, 3.8) is 0 Å². The molecule has 2 rings (SSSR count). The molecule has 0 fully saturated rings. The van der Waals surface area contributed by atoms with Crippen molar-refractivity contribution in [3.8, 4) is 11.8 Å². The molecule has 0 aliphatic carbocycles. The van der Waals surface area contributed by atoms with Crippen LogP contribution < -0.4 is 10.1 Å². The highest BCUT2D eigenvalue weighted by molar-refractivity contribution is 5.45. The molecule has 0 aliphatic heterocycles. The van der Waals surface area contributed by atoms with Crippen LogP contribution in [0, 0.1) is 11.3 Å². The molecule has 0 bridgehead atoms. The van der Waals surface area contributed by atoms with Gasteiger partial charge in [0.25, 0.3) is 0 Å².